The third kappa shape index (κ3) is 3.26. The predicted molar refractivity (Wildman–Crippen MR) is 82.1 cm³/mol. The maximum Gasteiger partial charge on any atom is 0.127 e. The van der Waals surface area contributed by atoms with E-state index in [2.05, 4.69) is 0 Å². The van der Waals surface area contributed by atoms with Crippen LogP contribution < -0.4 is 0 Å². The van der Waals surface area contributed by atoms with E-state index in [1.807, 2.05) is 25.1 Å². The van der Waals surface area contributed by atoms with Gasteiger partial charge in [-0.3, -0.25) is 0 Å². The van der Waals surface area contributed by atoms with Crippen LogP contribution >= 0.6 is 11.6 Å². The third-order valence-electron chi connectivity index (χ3n) is 3.79. The van der Waals surface area contributed by atoms with E-state index in [0.717, 1.165) is 11.1 Å². The summed E-state index contributed by atoms with van der Waals surface area (Å²) in [6.45, 7) is 1.20. The van der Waals surface area contributed by atoms with E-state index in [0.29, 0.717) is 10.6 Å². The van der Waals surface area contributed by atoms with Crippen molar-refractivity contribution in [2.45, 2.75) is 18.8 Å². The number of benzene rings is 2. The molecule has 0 aromatic heterocycles. The molecule has 0 saturated heterocycles. The van der Waals surface area contributed by atoms with Crippen molar-refractivity contribution in [2.75, 3.05) is 13.2 Å². The Morgan fingerprint density at radius 1 is 1.10 bits per heavy atom. The molecule has 0 saturated carbocycles. The molecular weight excluding hydrogens is 291 g/mol. The van der Waals surface area contributed by atoms with E-state index in [1.54, 1.807) is 18.2 Å². The van der Waals surface area contributed by atoms with Crippen molar-refractivity contribution < 1.29 is 14.6 Å². The molecule has 2 aromatic rings. The average Bonchev–Trinajstić information content (AvgIpc) is 2.48. The first-order valence-corrected chi connectivity index (χ1v) is 7.12. The van der Waals surface area contributed by atoms with Gasteiger partial charge in [0.2, 0.25) is 0 Å². The Hall–Kier alpha value is -1.42. The van der Waals surface area contributed by atoms with Crippen LogP contribution in [0.4, 0.5) is 4.39 Å². The van der Waals surface area contributed by atoms with E-state index >= 15 is 0 Å². The molecule has 0 aliphatic heterocycles. The number of hydrogen-bond acceptors (Lipinski definition) is 2. The van der Waals surface area contributed by atoms with Gasteiger partial charge in [-0.15, -0.1) is 0 Å². The number of aliphatic hydroxyl groups is 2. The molecule has 0 spiro atoms. The minimum atomic E-state index is -1.09. The molecule has 0 fully saturated rings. The smallest absolute Gasteiger partial charge is 0.127 e. The first-order chi connectivity index (χ1) is 10.0. The molecule has 21 heavy (non-hydrogen) atoms. The SMILES string of the molecule is Cc1ccc(CC(CO)(CO)c2ccccc2F)c(Cl)c1. The van der Waals surface area contributed by atoms with Crippen LogP contribution in [0.1, 0.15) is 16.7 Å². The van der Waals surface area contributed by atoms with Gasteiger partial charge in [0, 0.05) is 10.4 Å². The Labute approximate surface area is 128 Å². The molecule has 2 nitrogen and oxygen atoms in total. The van der Waals surface area contributed by atoms with Gasteiger partial charge >= 0.3 is 0 Å². The molecule has 0 heterocycles. The maximum atomic E-state index is 14.1. The lowest BCUT2D eigenvalue weighted by atomic mass is 9.76. The van der Waals surface area contributed by atoms with Gasteiger partial charge < -0.3 is 10.2 Å². The van der Waals surface area contributed by atoms with E-state index in [9.17, 15) is 14.6 Å². The van der Waals surface area contributed by atoms with Crippen molar-refractivity contribution >= 4 is 11.6 Å². The predicted octanol–water partition coefficient (Wildman–Crippen LogP) is 3.25. The second kappa shape index (κ2) is 6.56. The van der Waals surface area contributed by atoms with Crippen LogP contribution in [0, 0.1) is 12.7 Å². The van der Waals surface area contributed by atoms with E-state index in [-0.39, 0.29) is 19.6 Å². The van der Waals surface area contributed by atoms with Gasteiger partial charge in [-0.05, 0) is 42.2 Å². The molecular formula is C17H18ClFO2. The molecule has 112 valence electrons. The maximum absolute atomic E-state index is 14.1. The van der Waals surface area contributed by atoms with Gasteiger partial charge in [0.1, 0.15) is 5.82 Å². The number of rotatable bonds is 5. The standard InChI is InChI=1S/C17H18ClFO2/c1-12-6-7-13(15(18)8-12)9-17(10-20,11-21)14-4-2-3-5-16(14)19/h2-8,20-21H,9-11H2,1H3. The highest BCUT2D eigenvalue weighted by atomic mass is 35.5. The summed E-state index contributed by atoms with van der Waals surface area (Å²) in [5, 5.41) is 20.1. The quantitative estimate of drug-likeness (QED) is 0.890. The largest absolute Gasteiger partial charge is 0.395 e. The summed E-state index contributed by atoms with van der Waals surface area (Å²) in [6.07, 6.45) is 0.264. The van der Waals surface area contributed by atoms with Gasteiger partial charge in [0.05, 0.1) is 13.2 Å². The fourth-order valence-electron chi connectivity index (χ4n) is 2.48. The van der Waals surface area contributed by atoms with Crippen molar-refractivity contribution in [1.29, 1.82) is 0 Å². The summed E-state index contributed by atoms with van der Waals surface area (Å²) in [4.78, 5) is 0. The first kappa shape index (κ1) is 16.0. The van der Waals surface area contributed by atoms with Gasteiger partial charge in [0.25, 0.3) is 0 Å². The topological polar surface area (TPSA) is 40.5 Å². The van der Waals surface area contributed by atoms with Crippen LogP contribution in [0.3, 0.4) is 0 Å². The van der Waals surface area contributed by atoms with Crippen molar-refractivity contribution in [3.63, 3.8) is 0 Å². The highest BCUT2D eigenvalue weighted by molar-refractivity contribution is 6.31. The average molecular weight is 309 g/mol. The van der Waals surface area contributed by atoms with E-state index in [4.69, 9.17) is 11.6 Å². The second-order valence-electron chi connectivity index (χ2n) is 5.35. The summed E-state index contributed by atoms with van der Waals surface area (Å²) in [6, 6.07) is 11.8. The van der Waals surface area contributed by atoms with Crippen LogP contribution in [-0.4, -0.2) is 23.4 Å². The van der Waals surface area contributed by atoms with E-state index in [1.165, 1.54) is 6.07 Å². The third-order valence-corrected chi connectivity index (χ3v) is 4.14. The van der Waals surface area contributed by atoms with Crippen LogP contribution in [0.25, 0.3) is 0 Å². The minimum absolute atomic E-state index is 0.264. The highest BCUT2D eigenvalue weighted by Crippen LogP contribution is 2.32. The molecule has 2 N–H and O–H groups in total. The fourth-order valence-corrected chi connectivity index (χ4v) is 2.78. The van der Waals surface area contributed by atoms with Gasteiger partial charge in [-0.1, -0.05) is 41.9 Å². The lowest BCUT2D eigenvalue weighted by Crippen LogP contribution is -2.38. The Morgan fingerprint density at radius 2 is 1.76 bits per heavy atom. The fraction of sp³-hybridized carbons (Fsp3) is 0.294. The van der Waals surface area contributed by atoms with Crippen LogP contribution in [-0.2, 0) is 11.8 Å². The minimum Gasteiger partial charge on any atom is -0.395 e. The van der Waals surface area contributed by atoms with Gasteiger partial charge in [-0.25, -0.2) is 4.39 Å². The molecule has 0 bridgehead atoms. The molecule has 0 aliphatic carbocycles. The second-order valence-corrected chi connectivity index (χ2v) is 5.76. The zero-order chi connectivity index (χ0) is 15.5. The van der Waals surface area contributed by atoms with Crippen LogP contribution in [0.2, 0.25) is 5.02 Å². The van der Waals surface area contributed by atoms with Crippen molar-refractivity contribution in [3.8, 4) is 0 Å². The molecule has 0 radical (unpaired) electrons. The highest BCUT2D eigenvalue weighted by Gasteiger charge is 2.34. The summed E-state index contributed by atoms with van der Waals surface area (Å²) < 4.78 is 14.1. The molecule has 2 aromatic carbocycles. The number of halogens is 2. The number of hydrogen-bond donors (Lipinski definition) is 2. The monoisotopic (exact) mass is 308 g/mol. The molecule has 2 rings (SSSR count). The van der Waals surface area contributed by atoms with Gasteiger partial charge in [-0.2, -0.15) is 0 Å². The lowest BCUT2D eigenvalue weighted by molar-refractivity contribution is 0.113. The zero-order valence-electron chi connectivity index (χ0n) is 11.8. The van der Waals surface area contributed by atoms with Crippen LogP contribution in [0.15, 0.2) is 42.5 Å². The first-order valence-electron chi connectivity index (χ1n) is 6.74. The zero-order valence-corrected chi connectivity index (χ0v) is 12.6. The molecule has 0 amide bonds. The van der Waals surface area contributed by atoms with Crippen molar-refractivity contribution in [3.05, 3.63) is 70.0 Å². The normalized spacial score (nSPS) is 11.7. The Balaban J connectivity index is 2.46. The van der Waals surface area contributed by atoms with Crippen molar-refractivity contribution in [2.24, 2.45) is 0 Å². The lowest BCUT2D eigenvalue weighted by Gasteiger charge is -2.31. The molecule has 0 unspecified atom stereocenters. The summed E-state index contributed by atoms with van der Waals surface area (Å²) in [5.74, 6) is -0.441. The summed E-state index contributed by atoms with van der Waals surface area (Å²) in [5.41, 5.74) is 0.998. The Morgan fingerprint density at radius 3 is 2.33 bits per heavy atom. The summed E-state index contributed by atoms with van der Waals surface area (Å²) >= 11 is 6.22. The Kier molecular flexibility index (Phi) is 4.99. The van der Waals surface area contributed by atoms with Crippen LogP contribution in [0.5, 0.6) is 0 Å². The number of aliphatic hydroxyl groups excluding tert-OH is 2. The van der Waals surface area contributed by atoms with Gasteiger partial charge in [0.15, 0.2) is 0 Å². The molecule has 0 atom stereocenters. The molecule has 0 aliphatic rings. The van der Waals surface area contributed by atoms with E-state index < -0.39 is 11.2 Å². The molecule has 4 heteroatoms. The Bertz CT molecular complexity index is 624. The number of aryl methyl sites for hydroxylation is 1. The summed E-state index contributed by atoms with van der Waals surface area (Å²) in [7, 11) is 0. The van der Waals surface area contributed by atoms with Crippen molar-refractivity contribution in [1.82, 2.24) is 0 Å².